The lowest BCUT2D eigenvalue weighted by Crippen LogP contribution is -2.12. The number of rotatable bonds is 6. The maximum atomic E-state index is 5.32. The molecule has 1 N–H and O–H groups in total. The van der Waals surface area contributed by atoms with Gasteiger partial charge in [0, 0.05) is 18.9 Å². The molecule has 15 heavy (non-hydrogen) atoms. The SMILES string of the molecule is C=C(C)COCCNc1ncc(C)cn1. The van der Waals surface area contributed by atoms with Crippen molar-refractivity contribution in [3.05, 3.63) is 30.1 Å². The highest BCUT2D eigenvalue weighted by Gasteiger charge is 1.94. The Morgan fingerprint density at radius 1 is 1.47 bits per heavy atom. The Morgan fingerprint density at radius 2 is 2.13 bits per heavy atom. The third-order valence-corrected chi connectivity index (χ3v) is 1.66. The van der Waals surface area contributed by atoms with Gasteiger partial charge in [-0.05, 0) is 19.4 Å². The van der Waals surface area contributed by atoms with Gasteiger partial charge in [0.05, 0.1) is 13.2 Å². The molecule has 0 radical (unpaired) electrons. The summed E-state index contributed by atoms with van der Waals surface area (Å²) in [6, 6.07) is 0. The van der Waals surface area contributed by atoms with Crippen molar-refractivity contribution in [1.82, 2.24) is 9.97 Å². The molecule has 1 aromatic heterocycles. The molecule has 0 aliphatic rings. The van der Waals surface area contributed by atoms with E-state index in [2.05, 4.69) is 21.9 Å². The number of aromatic nitrogens is 2. The molecule has 0 fully saturated rings. The molecule has 0 aliphatic heterocycles. The molecule has 1 rings (SSSR count). The molecule has 0 saturated heterocycles. The van der Waals surface area contributed by atoms with Crippen molar-refractivity contribution in [3.8, 4) is 0 Å². The summed E-state index contributed by atoms with van der Waals surface area (Å²) in [4.78, 5) is 8.23. The molecule has 1 heterocycles. The number of nitrogens with one attached hydrogen (secondary N) is 1. The van der Waals surface area contributed by atoms with Gasteiger partial charge in [-0.15, -0.1) is 0 Å². The molecule has 0 aromatic carbocycles. The lowest BCUT2D eigenvalue weighted by atomic mass is 10.4. The van der Waals surface area contributed by atoms with Gasteiger partial charge in [0.2, 0.25) is 5.95 Å². The highest BCUT2D eigenvalue weighted by atomic mass is 16.5. The summed E-state index contributed by atoms with van der Waals surface area (Å²) >= 11 is 0. The number of nitrogens with zero attached hydrogens (tertiary/aromatic N) is 2. The van der Waals surface area contributed by atoms with Crippen LogP contribution in [0.4, 0.5) is 5.95 Å². The largest absolute Gasteiger partial charge is 0.375 e. The van der Waals surface area contributed by atoms with Crippen molar-refractivity contribution in [2.75, 3.05) is 25.1 Å². The highest BCUT2D eigenvalue weighted by molar-refractivity contribution is 5.23. The molecule has 0 bridgehead atoms. The number of hydrogen-bond acceptors (Lipinski definition) is 4. The van der Waals surface area contributed by atoms with E-state index in [1.54, 1.807) is 12.4 Å². The van der Waals surface area contributed by atoms with Crippen LogP contribution in [0.2, 0.25) is 0 Å². The Balaban J connectivity index is 2.15. The Bertz CT molecular complexity index is 308. The second-order valence-electron chi connectivity index (χ2n) is 3.52. The van der Waals surface area contributed by atoms with Crippen LogP contribution in [0.3, 0.4) is 0 Å². The predicted molar refractivity (Wildman–Crippen MR) is 60.9 cm³/mol. The Morgan fingerprint density at radius 3 is 2.73 bits per heavy atom. The Hall–Kier alpha value is -1.42. The minimum absolute atomic E-state index is 0.608. The van der Waals surface area contributed by atoms with E-state index in [1.165, 1.54) is 0 Å². The standard InChI is InChI=1S/C11H17N3O/c1-9(2)8-15-5-4-12-11-13-6-10(3)7-14-11/h6-7H,1,4-5,8H2,2-3H3,(H,12,13,14). The zero-order valence-electron chi connectivity index (χ0n) is 9.29. The van der Waals surface area contributed by atoms with E-state index in [0.717, 1.165) is 11.1 Å². The number of ether oxygens (including phenoxy) is 1. The number of anilines is 1. The van der Waals surface area contributed by atoms with E-state index in [9.17, 15) is 0 Å². The maximum absolute atomic E-state index is 5.32. The van der Waals surface area contributed by atoms with Crippen molar-refractivity contribution in [1.29, 1.82) is 0 Å². The van der Waals surface area contributed by atoms with Crippen LogP contribution in [0.15, 0.2) is 24.5 Å². The maximum Gasteiger partial charge on any atom is 0.222 e. The van der Waals surface area contributed by atoms with Crippen molar-refractivity contribution in [2.24, 2.45) is 0 Å². The van der Waals surface area contributed by atoms with Gasteiger partial charge in [0.1, 0.15) is 0 Å². The fourth-order valence-electron chi connectivity index (χ4n) is 0.965. The molecule has 0 amide bonds. The normalized spacial score (nSPS) is 10.0. The van der Waals surface area contributed by atoms with Crippen molar-refractivity contribution >= 4 is 5.95 Å². The molecule has 0 atom stereocenters. The number of aryl methyl sites for hydroxylation is 1. The summed E-state index contributed by atoms with van der Waals surface area (Å²) in [5.41, 5.74) is 2.08. The Kier molecular flexibility index (Phi) is 4.77. The van der Waals surface area contributed by atoms with E-state index < -0.39 is 0 Å². The molecule has 4 heteroatoms. The van der Waals surface area contributed by atoms with Crippen LogP contribution in [-0.4, -0.2) is 29.7 Å². The van der Waals surface area contributed by atoms with Crippen LogP contribution in [-0.2, 0) is 4.74 Å². The zero-order valence-corrected chi connectivity index (χ0v) is 9.29. The minimum Gasteiger partial charge on any atom is -0.375 e. The Labute approximate surface area is 90.4 Å². The van der Waals surface area contributed by atoms with Crippen molar-refractivity contribution in [2.45, 2.75) is 13.8 Å². The monoisotopic (exact) mass is 207 g/mol. The quantitative estimate of drug-likeness (QED) is 0.570. The molecule has 0 spiro atoms. The van der Waals surface area contributed by atoms with Crippen LogP contribution in [0.5, 0.6) is 0 Å². The summed E-state index contributed by atoms with van der Waals surface area (Å²) < 4.78 is 5.32. The predicted octanol–water partition coefficient (Wildman–Crippen LogP) is 1.79. The topological polar surface area (TPSA) is 47.0 Å². The first-order valence-corrected chi connectivity index (χ1v) is 4.93. The lowest BCUT2D eigenvalue weighted by Gasteiger charge is -2.05. The molecule has 0 saturated carbocycles. The van der Waals surface area contributed by atoms with Crippen LogP contribution in [0, 0.1) is 6.92 Å². The van der Waals surface area contributed by atoms with Gasteiger partial charge in [0.15, 0.2) is 0 Å². The van der Waals surface area contributed by atoms with Gasteiger partial charge in [-0.3, -0.25) is 0 Å². The third-order valence-electron chi connectivity index (χ3n) is 1.66. The summed E-state index contributed by atoms with van der Waals surface area (Å²) in [5, 5.41) is 3.07. The average molecular weight is 207 g/mol. The second-order valence-corrected chi connectivity index (χ2v) is 3.52. The van der Waals surface area contributed by atoms with Crippen LogP contribution >= 0.6 is 0 Å². The van der Waals surface area contributed by atoms with Gasteiger partial charge < -0.3 is 10.1 Å². The van der Waals surface area contributed by atoms with Gasteiger partial charge in [-0.1, -0.05) is 12.2 Å². The minimum atomic E-state index is 0.608. The molecule has 1 aromatic rings. The van der Waals surface area contributed by atoms with E-state index >= 15 is 0 Å². The smallest absolute Gasteiger partial charge is 0.222 e. The highest BCUT2D eigenvalue weighted by Crippen LogP contribution is 1.97. The molecule has 0 unspecified atom stereocenters. The molecule has 0 aliphatic carbocycles. The van der Waals surface area contributed by atoms with E-state index in [4.69, 9.17) is 4.74 Å². The molecule has 82 valence electrons. The summed E-state index contributed by atoms with van der Waals surface area (Å²) in [6.07, 6.45) is 3.56. The van der Waals surface area contributed by atoms with Crippen LogP contribution < -0.4 is 5.32 Å². The first kappa shape index (κ1) is 11.7. The lowest BCUT2D eigenvalue weighted by molar-refractivity contribution is 0.167. The van der Waals surface area contributed by atoms with Gasteiger partial charge in [0.25, 0.3) is 0 Å². The first-order chi connectivity index (χ1) is 7.18. The van der Waals surface area contributed by atoms with Crippen molar-refractivity contribution in [3.63, 3.8) is 0 Å². The second kappa shape index (κ2) is 6.14. The van der Waals surface area contributed by atoms with E-state index in [1.807, 2.05) is 13.8 Å². The summed E-state index contributed by atoms with van der Waals surface area (Å²) in [7, 11) is 0. The van der Waals surface area contributed by atoms with E-state index in [0.29, 0.717) is 25.7 Å². The van der Waals surface area contributed by atoms with Gasteiger partial charge in [-0.2, -0.15) is 0 Å². The third kappa shape index (κ3) is 5.12. The molecular formula is C11H17N3O. The van der Waals surface area contributed by atoms with Crippen LogP contribution in [0.1, 0.15) is 12.5 Å². The zero-order chi connectivity index (χ0) is 11.1. The van der Waals surface area contributed by atoms with Gasteiger partial charge in [-0.25, -0.2) is 9.97 Å². The average Bonchev–Trinajstić information content (AvgIpc) is 2.20. The number of hydrogen-bond donors (Lipinski definition) is 1. The fourth-order valence-corrected chi connectivity index (χ4v) is 0.965. The molecular weight excluding hydrogens is 190 g/mol. The van der Waals surface area contributed by atoms with Gasteiger partial charge >= 0.3 is 0 Å². The summed E-state index contributed by atoms with van der Waals surface area (Å²) in [6.45, 7) is 9.59. The van der Waals surface area contributed by atoms with Crippen molar-refractivity contribution < 1.29 is 4.74 Å². The van der Waals surface area contributed by atoms with Crippen LogP contribution in [0.25, 0.3) is 0 Å². The fraction of sp³-hybridized carbons (Fsp3) is 0.455. The van der Waals surface area contributed by atoms with E-state index in [-0.39, 0.29) is 0 Å². The summed E-state index contributed by atoms with van der Waals surface area (Å²) in [5.74, 6) is 0.638. The molecule has 4 nitrogen and oxygen atoms in total. The first-order valence-electron chi connectivity index (χ1n) is 4.93.